The third kappa shape index (κ3) is 4.85. The predicted molar refractivity (Wildman–Crippen MR) is 130 cm³/mol. The number of nitrogens with zero attached hydrogens (tertiary/aromatic N) is 3. The standard InChI is InChI=1S/C25H24N4O3S/c1-15-16(2)28-29(4)25(31)21(15)24-26-17(3)22(33-24)23(30)27-19-10-12-20(13-11-19)32-14-18-8-6-5-7-9-18/h5-13H,14H2,1-4H3,(H,27,30). The Bertz CT molecular complexity index is 1360. The molecule has 2 heterocycles. The van der Waals surface area contributed by atoms with Gasteiger partial charge < -0.3 is 10.1 Å². The van der Waals surface area contributed by atoms with Gasteiger partial charge >= 0.3 is 0 Å². The van der Waals surface area contributed by atoms with Gasteiger partial charge in [-0.1, -0.05) is 30.3 Å². The second kappa shape index (κ2) is 9.38. The highest BCUT2D eigenvalue weighted by molar-refractivity contribution is 7.17. The fraction of sp³-hybridized carbons (Fsp3) is 0.200. The summed E-state index contributed by atoms with van der Waals surface area (Å²) in [7, 11) is 1.61. The van der Waals surface area contributed by atoms with Crippen LogP contribution in [0.5, 0.6) is 5.75 Å². The summed E-state index contributed by atoms with van der Waals surface area (Å²) in [4.78, 5) is 30.5. The lowest BCUT2D eigenvalue weighted by Crippen LogP contribution is -2.23. The molecule has 1 N–H and O–H groups in total. The van der Waals surface area contributed by atoms with Gasteiger partial charge in [-0.25, -0.2) is 9.67 Å². The number of nitrogens with one attached hydrogen (secondary N) is 1. The Labute approximate surface area is 195 Å². The van der Waals surface area contributed by atoms with E-state index in [2.05, 4.69) is 15.4 Å². The maximum Gasteiger partial charge on any atom is 0.277 e. The largest absolute Gasteiger partial charge is 0.489 e. The summed E-state index contributed by atoms with van der Waals surface area (Å²) in [5.74, 6) is 0.446. The second-order valence-electron chi connectivity index (χ2n) is 7.70. The van der Waals surface area contributed by atoms with E-state index in [9.17, 15) is 9.59 Å². The Morgan fingerprint density at radius 1 is 1.03 bits per heavy atom. The molecule has 0 bridgehead atoms. The normalized spacial score (nSPS) is 10.8. The number of ether oxygens (including phenoxy) is 1. The monoisotopic (exact) mass is 460 g/mol. The number of anilines is 1. The van der Waals surface area contributed by atoms with Crippen molar-refractivity contribution >= 4 is 22.9 Å². The molecule has 0 unspecified atom stereocenters. The molecule has 168 valence electrons. The number of benzene rings is 2. The molecule has 7 nitrogen and oxygen atoms in total. The number of aryl methyl sites for hydroxylation is 3. The topological polar surface area (TPSA) is 86.1 Å². The maximum absolute atomic E-state index is 12.9. The fourth-order valence-corrected chi connectivity index (χ4v) is 4.43. The molecule has 0 radical (unpaired) electrons. The maximum atomic E-state index is 12.9. The molecule has 0 aliphatic heterocycles. The molecule has 0 aliphatic carbocycles. The first-order valence-electron chi connectivity index (χ1n) is 10.4. The van der Waals surface area contributed by atoms with Crippen molar-refractivity contribution in [1.82, 2.24) is 14.8 Å². The summed E-state index contributed by atoms with van der Waals surface area (Å²) in [5.41, 5.74) is 4.08. The van der Waals surface area contributed by atoms with Gasteiger partial charge in [-0.3, -0.25) is 9.59 Å². The Hall–Kier alpha value is -3.78. The number of carbonyl (C=O) groups is 1. The molecule has 0 saturated heterocycles. The van der Waals surface area contributed by atoms with Crippen LogP contribution >= 0.6 is 11.3 Å². The number of thiazole rings is 1. The zero-order valence-corrected chi connectivity index (χ0v) is 19.7. The van der Waals surface area contributed by atoms with Gasteiger partial charge in [0, 0.05) is 12.7 Å². The quantitative estimate of drug-likeness (QED) is 0.452. The van der Waals surface area contributed by atoms with E-state index in [4.69, 9.17) is 4.74 Å². The van der Waals surface area contributed by atoms with E-state index in [1.165, 1.54) is 16.0 Å². The van der Waals surface area contributed by atoms with Crippen LogP contribution in [0.25, 0.3) is 10.6 Å². The molecule has 0 atom stereocenters. The molecule has 1 amide bonds. The first-order chi connectivity index (χ1) is 15.8. The molecule has 4 rings (SSSR count). The van der Waals surface area contributed by atoms with Gasteiger partial charge in [-0.05, 0) is 56.2 Å². The van der Waals surface area contributed by atoms with Crippen LogP contribution in [0.1, 0.15) is 32.2 Å². The van der Waals surface area contributed by atoms with E-state index in [-0.39, 0.29) is 11.5 Å². The average molecular weight is 461 g/mol. The first kappa shape index (κ1) is 22.4. The highest BCUT2D eigenvalue weighted by Crippen LogP contribution is 2.29. The van der Waals surface area contributed by atoms with Crippen LogP contribution in [0, 0.1) is 20.8 Å². The van der Waals surface area contributed by atoms with E-state index >= 15 is 0 Å². The van der Waals surface area contributed by atoms with Gasteiger partial charge in [-0.2, -0.15) is 5.10 Å². The van der Waals surface area contributed by atoms with E-state index in [0.29, 0.717) is 39.2 Å². The number of hydrogen-bond donors (Lipinski definition) is 1. The van der Waals surface area contributed by atoms with E-state index < -0.39 is 0 Å². The minimum Gasteiger partial charge on any atom is -0.489 e. The van der Waals surface area contributed by atoms with Crippen LogP contribution in [0.4, 0.5) is 5.69 Å². The Morgan fingerprint density at radius 3 is 2.42 bits per heavy atom. The van der Waals surface area contributed by atoms with Gasteiger partial charge in [0.25, 0.3) is 11.5 Å². The molecule has 0 saturated carbocycles. The predicted octanol–water partition coefficient (Wildman–Crippen LogP) is 4.66. The molecule has 0 spiro atoms. The second-order valence-corrected chi connectivity index (χ2v) is 8.70. The molecule has 0 aliphatic rings. The van der Waals surface area contributed by atoms with Crippen molar-refractivity contribution in [2.24, 2.45) is 7.05 Å². The minimum atomic E-state index is -0.269. The summed E-state index contributed by atoms with van der Waals surface area (Å²) in [5, 5.41) is 7.62. The van der Waals surface area contributed by atoms with Gasteiger partial charge in [0.2, 0.25) is 0 Å². The van der Waals surface area contributed by atoms with Crippen LogP contribution < -0.4 is 15.6 Å². The molecule has 33 heavy (non-hydrogen) atoms. The molecule has 4 aromatic rings. The van der Waals surface area contributed by atoms with Crippen molar-refractivity contribution in [3.63, 3.8) is 0 Å². The number of hydrogen-bond acceptors (Lipinski definition) is 6. The zero-order valence-electron chi connectivity index (χ0n) is 18.9. The first-order valence-corrected chi connectivity index (χ1v) is 11.3. The van der Waals surface area contributed by atoms with Crippen LogP contribution in [0.2, 0.25) is 0 Å². The number of rotatable bonds is 6. The molecule has 8 heteroatoms. The van der Waals surface area contributed by atoms with Gasteiger partial charge in [0.05, 0.1) is 17.0 Å². The van der Waals surface area contributed by atoms with E-state index in [1.807, 2.05) is 56.3 Å². The lowest BCUT2D eigenvalue weighted by atomic mass is 10.1. The van der Waals surface area contributed by atoms with Crippen LogP contribution in [0.15, 0.2) is 59.4 Å². The van der Waals surface area contributed by atoms with Crippen LogP contribution in [0.3, 0.4) is 0 Å². The Morgan fingerprint density at radius 2 is 1.73 bits per heavy atom. The van der Waals surface area contributed by atoms with Crippen LogP contribution in [-0.4, -0.2) is 20.7 Å². The van der Waals surface area contributed by atoms with Gasteiger partial charge in [-0.15, -0.1) is 11.3 Å². The summed E-state index contributed by atoms with van der Waals surface area (Å²) < 4.78 is 7.09. The third-order valence-electron chi connectivity index (χ3n) is 5.30. The molecule has 2 aromatic heterocycles. The van der Waals surface area contributed by atoms with Crippen molar-refractivity contribution in [1.29, 1.82) is 0 Å². The summed E-state index contributed by atoms with van der Waals surface area (Å²) >= 11 is 1.21. The summed E-state index contributed by atoms with van der Waals surface area (Å²) in [6.07, 6.45) is 0. The van der Waals surface area contributed by atoms with Gasteiger partial charge in [0.15, 0.2) is 0 Å². The lowest BCUT2D eigenvalue weighted by Gasteiger charge is -2.08. The lowest BCUT2D eigenvalue weighted by molar-refractivity contribution is 0.103. The third-order valence-corrected chi connectivity index (χ3v) is 6.48. The highest BCUT2D eigenvalue weighted by atomic mass is 32.1. The number of aromatic nitrogens is 3. The zero-order chi connectivity index (χ0) is 23.5. The minimum absolute atomic E-state index is 0.232. The molecular weight excluding hydrogens is 436 g/mol. The van der Waals surface area contributed by atoms with Crippen molar-refractivity contribution in [2.45, 2.75) is 27.4 Å². The van der Waals surface area contributed by atoms with Gasteiger partial charge in [0.1, 0.15) is 22.2 Å². The van der Waals surface area contributed by atoms with Crippen molar-refractivity contribution in [2.75, 3.05) is 5.32 Å². The van der Waals surface area contributed by atoms with Crippen molar-refractivity contribution in [3.8, 4) is 16.3 Å². The summed E-state index contributed by atoms with van der Waals surface area (Å²) in [6, 6.07) is 17.1. The van der Waals surface area contributed by atoms with E-state index in [0.717, 1.165) is 16.8 Å². The van der Waals surface area contributed by atoms with Crippen molar-refractivity contribution < 1.29 is 9.53 Å². The fourth-order valence-electron chi connectivity index (χ4n) is 3.38. The Kier molecular flexibility index (Phi) is 6.37. The van der Waals surface area contributed by atoms with Crippen molar-refractivity contribution in [3.05, 3.63) is 92.3 Å². The highest BCUT2D eigenvalue weighted by Gasteiger charge is 2.21. The smallest absolute Gasteiger partial charge is 0.277 e. The summed E-state index contributed by atoms with van der Waals surface area (Å²) in [6.45, 7) is 5.93. The number of amides is 1. The average Bonchev–Trinajstić information content (AvgIpc) is 3.19. The number of carbonyl (C=O) groups excluding carboxylic acids is 1. The van der Waals surface area contributed by atoms with E-state index in [1.54, 1.807) is 26.1 Å². The SMILES string of the molecule is Cc1nc(-c2c(C)c(C)nn(C)c2=O)sc1C(=O)Nc1ccc(OCc2ccccc2)cc1. The molecule has 2 aromatic carbocycles. The molecule has 0 fully saturated rings. The van der Waals surface area contributed by atoms with Crippen LogP contribution in [-0.2, 0) is 13.7 Å². The molecular formula is C25H24N4O3S. The Balaban J connectivity index is 1.49.